The van der Waals surface area contributed by atoms with Gasteiger partial charge < -0.3 is 0 Å². The number of pyridine rings is 1. The minimum absolute atomic E-state index is 0.0273. The molecular weight excluding hydrogens is 321 g/mol. The highest BCUT2D eigenvalue weighted by Gasteiger charge is 2.25. The molecule has 6 nitrogen and oxygen atoms in total. The number of nitrogens with zero attached hydrogens (tertiary/aromatic N) is 1. The molecule has 0 unspecified atom stereocenters. The maximum absolute atomic E-state index is 13.4. The molecule has 2 aromatic rings. The zero-order chi connectivity index (χ0) is 16.4. The lowest BCUT2D eigenvalue weighted by molar-refractivity contribution is 0.0942. The SMILES string of the molecule is O=C(NNC1=CCS(=O)(=O)c2ccc(F)cc21)c1cccnc1. The maximum Gasteiger partial charge on any atom is 0.271 e. The van der Waals surface area contributed by atoms with Crippen LogP contribution in [0.3, 0.4) is 0 Å². The van der Waals surface area contributed by atoms with E-state index in [9.17, 15) is 17.6 Å². The van der Waals surface area contributed by atoms with E-state index in [-0.39, 0.29) is 16.2 Å². The largest absolute Gasteiger partial charge is 0.298 e. The Kier molecular flexibility index (Phi) is 3.83. The summed E-state index contributed by atoms with van der Waals surface area (Å²) in [5, 5.41) is 0. The van der Waals surface area contributed by atoms with E-state index >= 15 is 0 Å². The van der Waals surface area contributed by atoms with Crippen LogP contribution in [-0.2, 0) is 9.84 Å². The van der Waals surface area contributed by atoms with Crippen molar-refractivity contribution in [2.75, 3.05) is 5.75 Å². The van der Waals surface area contributed by atoms with Gasteiger partial charge in [0.1, 0.15) is 5.82 Å². The van der Waals surface area contributed by atoms with Gasteiger partial charge in [-0.05, 0) is 36.4 Å². The highest BCUT2D eigenvalue weighted by Crippen LogP contribution is 2.28. The summed E-state index contributed by atoms with van der Waals surface area (Å²) in [6.07, 6.45) is 4.32. The molecule has 2 N–H and O–H groups in total. The smallest absolute Gasteiger partial charge is 0.271 e. The van der Waals surface area contributed by atoms with Crippen molar-refractivity contribution in [3.8, 4) is 0 Å². The van der Waals surface area contributed by atoms with Crippen LogP contribution in [0.25, 0.3) is 5.70 Å². The van der Waals surface area contributed by atoms with Gasteiger partial charge in [-0.15, -0.1) is 0 Å². The van der Waals surface area contributed by atoms with Crippen LogP contribution in [0.2, 0.25) is 0 Å². The zero-order valence-electron chi connectivity index (χ0n) is 11.8. The van der Waals surface area contributed by atoms with Gasteiger partial charge in [-0.25, -0.2) is 12.8 Å². The number of halogens is 1. The number of hydrogen-bond donors (Lipinski definition) is 2. The molecule has 118 valence electrons. The fourth-order valence-corrected chi connectivity index (χ4v) is 3.53. The fourth-order valence-electron chi connectivity index (χ4n) is 2.19. The van der Waals surface area contributed by atoms with Crippen LogP contribution in [0.4, 0.5) is 4.39 Å². The Labute approximate surface area is 131 Å². The molecule has 1 aliphatic heterocycles. The average molecular weight is 333 g/mol. The number of amides is 1. The number of carbonyl (C=O) groups excluding carboxylic acids is 1. The Morgan fingerprint density at radius 2 is 2.09 bits per heavy atom. The van der Waals surface area contributed by atoms with Crippen molar-refractivity contribution in [2.24, 2.45) is 0 Å². The molecule has 0 fully saturated rings. The molecule has 8 heteroatoms. The Balaban J connectivity index is 1.84. The molecule has 0 radical (unpaired) electrons. The topological polar surface area (TPSA) is 88.2 Å². The minimum Gasteiger partial charge on any atom is -0.298 e. The van der Waals surface area contributed by atoms with Gasteiger partial charge in [0.2, 0.25) is 0 Å². The summed E-state index contributed by atoms with van der Waals surface area (Å²) in [5.74, 6) is -1.23. The lowest BCUT2D eigenvalue weighted by Gasteiger charge is -2.19. The van der Waals surface area contributed by atoms with Crippen LogP contribution in [0.1, 0.15) is 15.9 Å². The van der Waals surface area contributed by atoms with Gasteiger partial charge in [-0.2, -0.15) is 0 Å². The van der Waals surface area contributed by atoms with Crippen molar-refractivity contribution in [3.63, 3.8) is 0 Å². The molecule has 0 atom stereocenters. The van der Waals surface area contributed by atoms with Gasteiger partial charge in [-0.1, -0.05) is 0 Å². The molecule has 2 heterocycles. The van der Waals surface area contributed by atoms with E-state index in [1.807, 2.05) is 0 Å². The summed E-state index contributed by atoms with van der Waals surface area (Å²) in [6, 6.07) is 6.62. The van der Waals surface area contributed by atoms with E-state index < -0.39 is 21.6 Å². The number of aromatic nitrogens is 1. The van der Waals surface area contributed by atoms with Crippen molar-refractivity contribution < 1.29 is 17.6 Å². The second-order valence-corrected chi connectivity index (χ2v) is 6.86. The quantitative estimate of drug-likeness (QED) is 0.653. The van der Waals surface area contributed by atoms with Gasteiger partial charge in [0.25, 0.3) is 5.91 Å². The molecule has 3 rings (SSSR count). The maximum atomic E-state index is 13.4. The molecule has 0 spiro atoms. The summed E-state index contributed by atoms with van der Waals surface area (Å²) < 4.78 is 37.4. The van der Waals surface area contributed by atoms with Crippen molar-refractivity contribution in [3.05, 3.63) is 65.7 Å². The van der Waals surface area contributed by atoms with Crippen molar-refractivity contribution in [2.45, 2.75) is 4.90 Å². The minimum atomic E-state index is -3.49. The van der Waals surface area contributed by atoms with Gasteiger partial charge in [0.15, 0.2) is 9.84 Å². The highest BCUT2D eigenvalue weighted by molar-refractivity contribution is 7.91. The average Bonchev–Trinajstić information content (AvgIpc) is 2.54. The molecular formula is C15H12FN3O3S. The third-order valence-electron chi connectivity index (χ3n) is 3.31. The highest BCUT2D eigenvalue weighted by atomic mass is 32.2. The first-order valence-corrected chi connectivity index (χ1v) is 8.32. The Hall–Kier alpha value is -2.74. The first-order valence-electron chi connectivity index (χ1n) is 6.66. The molecule has 1 aromatic heterocycles. The summed E-state index contributed by atoms with van der Waals surface area (Å²) in [7, 11) is -3.49. The third-order valence-corrected chi connectivity index (χ3v) is 4.94. The van der Waals surface area contributed by atoms with Crippen LogP contribution in [0.15, 0.2) is 53.7 Å². The van der Waals surface area contributed by atoms with Crippen molar-refractivity contribution in [1.82, 2.24) is 15.8 Å². The van der Waals surface area contributed by atoms with E-state index in [1.165, 1.54) is 24.5 Å². The van der Waals surface area contributed by atoms with Crippen LogP contribution in [0.5, 0.6) is 0 Å². The van der Waals surface area contributed by atoms with Crippen LogP contribution < -0.4 is 10.9 Å². The van der Waals surface area contributed by atoms with E-state index in [0.717, 1.165) is 12.1 Å². The van der Waals surface area contributed by atoms with Crippen molar-refractivity contribution >= 4 is 21.4 Å². The summed E-state index contributed by atoms with van der Waals surface area (Å²) >= 11 is 0. The molecule has 0 saturated heterocycles. The van der Waals surface area contributed by atoms with E-state index in [4.69, 9.17) is 0 Å². The number of rotatable bonds is 3. The molecule has 1 aromatic carbocycles. The predicted molar refractivity (Wildman–Crippen MR) is 81.3 cm³/mol. The molecule has 23 heavy (non-hydrogen) atoms. The number of sulfone groups is 1. The van der Waals surface area contributed by atoms with E-state index in [2.05, 4.69) is 15.8 Å². The standard InChI is InChI=1S/C15H12FN3O3S/c16-11-3-4-14-12(8-11)13(5-7-23(14,21)22)18-19-15(20)10-2-1-6-17-9-10/h1-6,8-9,18H,7H2,(H,19,20). The molecule has 1 amide bonds. The number of hydrazine groups is 1. The van der Waals surface area contributed by atoms with Gasteiger partial charge in [0.05, 0.1) is 21.9 Å². The summed E-state index contributed by atoms with van der Waals surface area (Å²) in [4.78, 5) is 15.8. The summed E-state index contributed by atoms with van der Waals surface area (Å²) in [5.41, 5.74) is 5.93. The zero-order valence-corrected chi connectivity index (χ0v) is 12.6. The monoisotopic (exact) mass is 333 g/mol. The number of fused-ring (bicyclic) bond motifs is 1. The number of benzene rings is 1. The molecule has 0 bridgehead atoms. The number of carbonyl (C=O) groups is 1. The van der Waals surface area contributed by atoms with Gasteiger partial charge in [0, 0.05) is 18.0 Å². The van der Waals surface area contributed by atoms with Crippen LogP contribution in [0, 0.1) is 5.82 Å². The van der Waals surface area contributed by atoms with Gasteiger partial charge in [-0.3, -0.25) is 20.6 Å². The molecule has 0 aliphatic carbocycles. The first-order chi connectivity index (χ1) is 11.0. The Morgan fingerprint density at radius 1 is 1.26 bits per heavy atom. The lowest BCUT2D eigenvalue weighted by Crippen LogP contribution is -2.37. The normalized spacial score (nSPS) is 15.3. The number of hydrogen-bond acceptors (Lipinski definition) is 5. The Bertz CT molecular complexity index is 895. The number of nitrogens with one attached hydrogen (secondary N) is 2. The Morgan fingerprint density at radius 3 is 2.83 bits per heavy atom. The third kappa shape index (κ3) is 3.07. The van der Waals surface area contributed by atoms with Crippen LogP contribution in [-0.4, -0.2) is 25.1 Å². The van der Waals surface area contributed by atoms with Crippen molar-refractivity contribution in [1.29, 1.82) is 0 Å². The lowest BCUT2D eigenvalue weighted by atomic mass is 10.1. The second-order valence-electron chi connectivity index (χ2n) is 4.86. The summed E-state index contributed by atoms with van der Waals surface area (Å²) in [6.45, 7) is 0. The second kappa shape index (κ2) is 5.81. The molecule has 1 aliphatic rings. The first kappa shape index (κ1) is 15.2. The predicted octanol–water partition coefficient (Wildman–Crippen LogP) is 1.28. The fraction of sp³-hybridized carbons (Fsp3) is 0.0667. The van der Waals surface area contributed by atoms with Gasteiger partial charge >= 0.3 is 0 Å². The molecule has 0 saturated carbocycles. The van der Waals surface area contributed by atoms with E-state index in [0.29, 0.717) is 11.3 Å². The van der Waals surface area contributed by atoms with Crippen LogP contribution >= 0.6 is 0 Å². The van der Waals surface area contributed by atoms with E-state index in [1.54, 1.807) is 12.1 Å².